The van der Waals surface area contributed by atoms with Gasteiger partial charge in [0.15, 0.2) is 10.4 Å². The first-order valence-electron chi connectivity index (χ1n) is 11.1. The lowest BCUT2D eigenvalue weighted by molar-refractivity contribution is 0.0659. The van der Waals surface area contributed by atoms with E-state index in [1.165, 1.54) is 5.01 Å². The molecule has 5 aromatic rings. The lowest BCUT2D eigenvalue weighted by Gasteiger charge is -2.18. The van der Waals surface area contributed by atoms with Crippen LogP contribution in [0.25, 0.3) is 22.0 Å². The molecule has 1 aliphatic rings. The van der Waals surface area contributed by atoms with Crippen molar-refractivity contribution in [3.8, 4) is 11.1 Å². The summed E-state index contributed by atoms with van der Waals surface area (Å²) in [6, 6.07) is 21.7. The number of hydrogen-bond acceptors (Lipinski definition) is 5. The number of furan rings is 2. The molecule has 0 bridgehead atoms. The zero-order chi connectivity index (χ0) is 24.8. The average molecular weight is 607 g/mol. The minimum atomic E-state index is -0.535. The first-order valence-corrected chi connectivity index (χ1v) is 12.7. The number of benzene rings is 2. The topological polar surface area (TPSA) is 91.8 Å². The van der Waals surface area contributed by atoms with Crippen LogP contribution >= 0.6 is 31.9 Å². The van der Waals surface area contributed by atoms with Crippen LogP contribution in [0.2, 0.25) is 0 Å². The summed E-state index contributed by atoms with van der Waals surface area (Å²) in [5, 5.41) is 6.89. The monoisotopic (exact) mass is 605 g/mol. The van der Waals surface area contributed by atoms with E-state index < -0.39 is 11.9 Å². The molecule has 0 aliphatic carbocycles. The van der Waals surface area contributed by atoms with E-state index in [-0.39, 0.29) is 11.3 Å². The molecule has 178 valence electrons. The molecule has 7 nitrogen and oxygen atoms in total. The first kappa shape index (κ1) is 22.8. The fourth-order valence-corrected chi connectivity index (χ4v) is 5.21. The molecule has 3 aromatic heterocycles. The molecule has 36 heavy (non-hydrogen) atoms. The maximum atomic E-state index is 13.5. The smallest absolute Gasteiger partial charge is 0.310 e. The van der Waals surface area contributed by atoms with Crippen LogP contribution in [-0.4, -0.2) is 21.6 Å². The van der Waals surface area contributed by atoms with E-state index in [4.69, 9.17) is 13.9 Å². The summed E-state index contributed by atoms with van der Waals surface area (Å²) in [6.45, 7) is 0. The number of hydrazone groups is 1. The van der Waals surface area contributed by atoms with Crippen molar-refractivity contribution in [3.63, 3.8) is 0 Å². The van der Waals surface area contributed by atoms with Gasteiger partial charge in [0, 0.05) is 27.4 Å². The molecule has 0 radical (unpaired) electrons. The SMILES string of the molecule is O=C(c1ccc(Br)o1)N1N=C(c2c(-c3ccccc3)c3cc(Br)ccc3[nH]c2=O)C[C@@H]1c1ccco1. The Labute approximate surface area is 221 Å². The second-order valence-corrected chi connectivity index (χ2v) is 9.99. The van der Waals surface area contributed by atoms with Gasteiger partial charge in [-0.15, -0.1) is 0 Å². The Kier molecular flexibility index (Phi) is 5.73. The maximum Gasteiger partial charge on any atom is 0.310 e. The van der Waals surface area contributed by atoms with Crippen LogP contribution in [0.5, 0.6) is 0 Å². The van der Waals surface area contributed by atoms with Gasteiger partial charge in [-0.25, -0.2) is 5.01 Å². The molecule has 0 saturated heterocycles. The number of H-pyrrole nitrogens is 1. The van der Waals surface area contributed by atoms with Crippen molar-refractivity contribution in [1.29, 1.82) is 0 Å². The maximum absolute atomic E-state index is 13.5. The number of amides is 1. The second kappa shape index (κ2) is 9.07. The Morgan fingerprint density at radius 3 is 2.56 bits per heavy atom. The molecule has 0 saturated carbocycles. The molecule has 0 unspecified atom stereocenters. The summed E-state index contributed by atoms with van der Waals surface area (Å²) in [5.41, 5.74) is 2.95. The van der Waals surface area contributed by atoms with E-state index in [2.05, 4.69) is 36.8 Å². The van der Waals surface area contributed by atoms with Crippen LogP contribution in [0.3, 0.4) is 0 Å². The molecule has 1 atom stereocenters. The number of carbonyl (C=O) groups is 1. The summed E-state index contributed by atoms with van der Waals surface area (Å²) in [6.07, 6.45) is 1.85. The molecule has 1 aliphatic heterocycles. The Balaban J connectivity index is 1.57. The Bertz CT molecular complexity index is 1690. The molecule has 1 N–H and O–H groups in total. The minimum absolute atomic E-state index is 0.128. The van der Waals surface area contributed by atoms with E-state index in [1.54, 1.807) is 30.5 Å². The number of nitrogens with one attached hydrogen (secondary N) is 1. The first-order chi connectivity index (χ1) is 17.5. The van der Waals surface area contributed by atoms with Gasteiger partial charge in [-0.1, -0.05) is 46.3 Å². The molecular weight excluding hydrogens is 590 g/mol. The highest BCUT2D eigenvalue weighted by atomic mass is 79.9. The third kappa shape index (κ3) is 3.94. The van der Waals surface area contributed by atoms with Crippen molar-refractivity contribution in [2.75, 3.05) is 0 Å². The van der Waals surface area contributed by atoms with Gasteiger partial charge in [-0.2, -0.15) is 5.10 Å². The molecule has 2 aromatic carbocycles. The van der Waals surface area contributed by atoms with Gasteiger partial charge in [0.1, 0.15) is 11.8 Å². The molecule has 6 rings (SSSR count). The summed E-state index contributed by atoms with van der Waals surface area (Å²) < 4.78 is 12.5. The summed E-state index contributed by atoms with van der Waals surface area (Å²) in [7, 11) is 0. The van der Waals surface area contributed by atoms with Gasteiger partial charge < -0.3 is 13.8 Å². The number of halogens is 2. The van der Waals surface area contributed by atoms with Crippen LogP contribution in [-0.2, 0) is 0 Å². The third-order valence-corrected chi connectivity index (χ3v) is 7.02. The molecule has 9 heteroatoms. The highest BCUT2D eigenvalue weighted by molar-refractivity contribution is 9.10. The highest BCUT2D eigenvalue weighted by Gasteiger charge is 2.38. The van der Waals surface area contributed by atoms with E-state index in [1.807, 2.05) is 48.5 Å². The van der Waals surface area contributed by atoms with Crippen LogP contribution in [0, 0.1) is 0 Å². The fraction of sp³-hybridized carbons (Fsp3) is 0.0741. The summed E-state index contributed by atoms with van der Waals surface area (Å²) in [4.78, 5) is 29.9. The van der Waals surface area contributed by atoms with Crippen LogP contribution < -0.4 is 5.56 Å². The molecular formula is C27H17Br2N3O4. The molecule has 4 heterocycles. The minimum Gasteiger partial charge on any atom is -0.467 e. The van der Waals surface area contributed by atoms with Gasteiger partial charge in [0.2, 0.25) is 0 Å². The third-order valence-electron chi connectivity index (χ3n) is 6.10. The lowest BCUT2D eigenvalue weighted by atomic mass is 9.92. The zero-order valence-corrected chi connectivity index (χ0v) is 21.7. The highest BCUT2D eigenvalue weighted by Crippen LogP contribution is 2.38. The Hall–Kier alpha value is -3.69. The summed E-state index contributed by atoms with van der Waals surface area (Å²) >= 11 is 6.80. The number of pyridine rings is 1. The standard InChI is InChI=1S/C27H17Br2N3O4/c28-16-8-9-18-17(13-16)24(15-5-2-1-3-6-15)25(26(33)30-18)19-14-20(21-7-4-12-35-21)32(31-19)27(34)22-10-11-23(29)36-22/h1-13,20H,14H2,(H,30,33)/t20-/m1/s1. The number of aromatic amines is 1. The van der Waals surface area contributed by atoms with Crippen molar-refractivity contribution in [3.05, 3.63) is 116 Å². The zero-order valence-electron chi connectivity index (χ0n) is 18.6. The lowest BCUT2D eigenvalue weighted by Crippen LogP contribution is -2.26. The number of aromatic nitrogens is 1. The van der Waals surface area contributed by atoms with Gasteiger partial charge in [0.25, 0.3) is 5.56 Å². The van der Waals surface area contributed by atoms with Crippen molar-refractivity contribution < 1.29 is 13.6 Å². The van der Waals surface area contributed by atoms with E-state index >= 15 is 0 Å². The Morgan fingerprint density at radius 1 is 1.00 bits per heavy atom. The van der Waals surface area contributed by atoms with Gasteiger partial charge in [0.05, 0.1) is 17.5 Å². The quantitative estimate of drug-likeness (QED) is 0.241. The van der Waals surface area contributed by atoms with E-state index in [0.717, 1.165) is 21.0 Å². The normalized spacial score (nSPS) is 15.4. The van der Waals surface area contributed by atoms with Crippen molar-refractivity contribution >= 4 is 54.4 Å². The van der Waals surface area contributed by atoms with E-state index in [0.29, 0.717) is 33.6 Å². The number of nitrogens with zero attached hydrogens (tertiary/aromatic N) is 2. The summed E-state index contributed by atoms with van der Waals surface area (Å²) in [5.74, 6) is 0.260. The predicted molar refractivity (Wildman–Crippen MR) is 143 cm³/mol. The average Bonchev–Trinajstić information content (AvgIpc) is 3.64. The number of rotatable bonds is 4. The van der Waals surface area contributed by atoms with Gasteiger partial charge >= 0.3 is 5.91 Å². The van der Waals surface area contributed by atoms with Crippen LogP contribution in [0.15, 0.2) is 107 Å². The van der Waals surface area contributed by atoms with E-state index in [9.17, 15) is 9.59 Å². The predicted octanol–water partition coefficient (Wildman–Crippen LogP) is 6.90. The Morgan fingerprint density at radius 2 is 1.83 bits per heavy atom. The molecule has 0 spiro atoms. The molecule has 1 amide bonds. The molecule has 0 fully saturated rings. The second-order valence-electron chi connectivity index (χ2n) is 8.30. The largest absolute Gasteiger partial charge is 0.467 e. The van der Waals surface area contributed by atoms with Gasteiger partial charge in [-0.05, 0) is 64.0 Å². The number of hydrogen-bond donors (Lipinski definition) is 1. The van der Waals surface area contributed by atoms with Crippen LogP contribution in [0.1, 0.15) is 34.3 Å². The van der Waals surface area contributed by atoms with Crippen molar-refractivity contribution in [1.82, 2.24) is 9.99 Å². The van der Waals surface area contributed by atoms with Crippen molar-refractivity contribution in [2.24, 2.45) is 5.10 Å². The fourth-order valence-electron chi connectivity index (χ4n) is 4.54. The number of carbonyl (C=O) groups excluding carboxylic acids is 1. The van der Waals surface area contributed by atoms with Crippen LogP contribution in [0.4, 0.5) is 0 Å². The van der Waals surface area contributed by atoms with Gasteiger partial charge in [-0.3, -0.25) is 9.59 Å². The van der Waals surface area contributed by atoms with Crippen molar-refractivity contribution in [2.45, 2.75) is 12.5 Å². The number of fused-ring (bicyclic) bond motifs is 1.